The molecule has 20 heavy (non-hydrogen) atoms. The molecule has 2 bridgehead atoms. The van der Waals surface area contributed by atoms with Gasteiger partial charge in [-0.3, -0.25) is 9.80 Å². The van der Waals surface area contributed by atoms with Crippen molar-refractivity contribution in [3.8, 4) is 0 Å². The van der Waals surface area contributed by atoms with Gasteiger partial charge in [-0.1, -0.05) is 13.8 Å². The fourth-order valence-electron chi connectivity index (χ4n) is 5.05. The Bertz CT molecular complexity index is 322. The van der Waals surface area contributed by atoms with Crippen LogP contribution in [0.3, 0.4) is 0 Å². The third kappa shape index (κ3) is 2.31. The fraction of sp³-hybridized carbons (Fsp3) is 1.00. The lowest BCUT2D eigenvalue weighted by Crippen LogP contribution is -2.69. The predicted octanol–water partition coefficient (Wildman–Crippen LogP) is 0.826. The number of hydrogen-bond acceptors (Lipinski definition) is 4. The minimum atomic E-state index is 0.290. The average Bonchev–Trinajstić information content (AvgIpc) is 2.99. The molecule has 0 aliphatic carbocycles. The van der Waals surface area contributed by atoms with E-state index < -0.39 is 0 Å². The van der Waals surface area contributed by atoms with Crippen LogP contribution in [-0.4, -0.2) is 78.6 Å². The van der Waals surface area contributed by atoms with Crippen molar-refractivity contribution in [1.29, 1.82) is 0 Å². The van der Waals surface area contributed by atoms with Crippen molar-refractivity contribution in [2.45, 2.75) is 44.7 Å². The summed E-state index contributed by atoms with van der Waals surface area (Å²) in [5.41, 5.74) is 6.60. The Kier molecular flexibility index (Phi) is 4.37. The van der Waals surface area contributed by atoms with E-state index >= 15 is 0 Å². The molecule has 2 N–H and O–H groups in total. The molecule has 2 unspecified atom stereocenters. The van der Waals surface area contributed by atoms with E-state index in [9.17, 15) is 0 Å². The average molecular weight is 280 g/mol. The van der Waals surface area contributed by atoms with E-state index in [4.69, 9.17) is 5.73 Å². The third-order valence-electron chi connectivity index (χ3n) is 6.32. The van der Waals surface area contributed by atoms with Crippen molar-refractivity contribution in [2.24, 2.45) is 11.7 Å². The number of likely N-dealkylation sites (N-methyl/N-ethyl adjacent to an activating group) is 1. The Balaban J connectivity index is 1.72. The van der Waals surface area contributed by atoms with Crippen LogP contribution in [-0.2, 0) is 0 Å². The van der Waals surface area contributed by atoms with Crippen LogP contribution in [0.2, 0.25) is 0 Å². The molecule has 0 radical (unpaired) electrons. The first-order valence-electron chi connectivity index (χ1n) is 8.65. The summed E-state index contributed by atoms with van der Waals surface area (Å²) in [6.45, 7) is 14.1. The second-order valence-electron chi connectivity index (χ2n) is 6.97. The molecule has 0 aromatic carbocycles. The second kappa shape index (κ2) is 5.91. The summed E-state index contributed by atoms with van der Waals surface area (Å²) in [4.78, 5) is 8.05. The number of nitrogens with two attached hydrogens (primary N) is 1. The number of likely N-dealkylation sites (tertiary alicyclic amines) is 1. The normalized spacial score (nSPS) is 41.7. The molecule has 4 nitrogen and oxygen atoms in total. The molecule has 0 aromatic heterocycles. The lowest BCUT2D eigenvalue weighted by atomic mass is 9.71. The maximum Gasteiger partial charge on any atom is 0.0488 e. The maximum absolute atomic E-state index is 6.31. The highest BCUT2D eigenvalue weighted by Crippen LogP contribution is 2.41. The summed E-state index contributed by atoms with van der Waals surface area (Å²) in [6.07, 6.45) is 4.06. The molecule has 0 spiro atoms. The van der Waals surface area contributed by atoms with Gasteiger partial charge >= 0.3 is 0 Å². The molecular formula is C16H32N4. The summed E-state index contributed by atoms with van der Waals surface area (Å²) in [6, 6.07) is 0.754. The molecule has 0 saturated carbocycles. The van der Waals surface area contributed by atoms with Crippen LogP contribution in [0.15, 0.2) is 0 Å². The molecule has 4 saturated heterocycles. The Labute approximate surface area is 124 Å². The second-order valence-corrected chi connectivity index (χ2v) is 6.97. The van der Waals surface area contributed by atoms with E-state index in [1.54, 1.807) is 0 Å². The van der Waals surface area contributed by atoms with Crippen LogP contribution in [0.25, 0.3) is 0 Å². The highest BCUT2D eigenvalue weighted by Gasteiger charge is 2.51. The summed E-state index contributed by atoms with van der Waals surface area (Å²) < 4.78 is 0. The lowest BCUT2D eigenvalue weighted by Gasteiger charge is -2.57. The largest absolute Gasteiger partial charge is 0.329 e. The summed E-state index contributed by atoms with van der Waals surface area (Å²) >= 11 is 0. The van der Waals surface area contributed by atoms with Gasteiger partial charge < -0.3 is 10.6 Å². The minimum absolute atomic E-state index is 0.290. The van der Waals surface area contributed by atoms with E-state index in [0.29, 0.717) is 5.54 Å². The third-order valence-corrected chi connectivity index (χ3v) is 6.32. The van der Waals surface area contributed by atoms with Gasteiger partial charge in [0.15, 0.2) is 0 Å². The standard InChI is InChI=1S/C16H32N4/c1-3-19(4-2)15-7-10-20(11-15)16(12-17)13-18-8-5-14(16)6-9-18/h14-15H,3-13,17H2,1-2H3. The van der Waals surface area contributed by atoms with Gasteiger partial charge in [0.25, 0.3) is 0 Å². The van der Waals surface area contributed by atoms with Crippen LogP contribution in [0.5, 0.6) is 0 Å². The van der Waals surface area contributed by atoms with Crippen LogP contribution < -0.4 is 5.73 Å². The van der Waals surface area contributed by atoms with E-state index in [2.05, 4.69) is 28.5 Å². The first-order valence-corrected chi connectivity index (χ1v) is 8.65. The number of hydrogen-bond donors (Lipinski definition) is 1. The molecular weight excluding hydrogens is 248 g/mol. The van der Waals surface area contributed by atoms with Gasteiger partial charge in [-0.05, 0) is 51.4 Å². The van der Waals surface area contributed by atoms with E-state index in [0.717, 1.165) is 18.5 Å². The maximum atomic E-state index is 6.31. The summed E-state index contributed by atoms with van der Waals surface area (Å²) in [5, 5.41) is 0. The highest BCUT2D eigenvalue weighted by atomic mass is 15.3. The Morgan fingerprint density at radius 2 is 1.80 bits per heavy atom. The van der Waals surface area contributed by atoms with Crippen molar-refractivity contribution >= 4 is 0 Å². The van der Waals surface area contributed by atoms with Crippen LogP contribution in [0.4, 0.5) is 0 Å². The molecule has 4 aliphatic rings. The van der Waals surface area contributed by atoms with Crippen molar-refractivity contribution in [1.82, 2.24) is 14.7 Å². The number of fused-ring (bicyclic) bond motifs is 3. The Morgan fingerprint density at radius 3 is 2.30 bits per heavy atom. The van der Waals surface area contributed by atoms with E-state index in [1.165, 1.54) is 65.1 Å². The first kappa shape index (κ1) is 14.8. The van der Waals surface area contributed by atoms with Gasteiger partial charge in [-0.15, -0.1) is 0 Å². The molecule has 0 aromatic rings. The molecule has 2 atom stereocenters. The summed E-state index contributed by atoms with van der Waals surface area (Å²) in [5.74, 6) is 0.841. The van der Waals surface area contributed by atoms with Crippen LogP contribution >= 0.6 is 0 Å². The van der Waals surface area contributed by atoms with Crippen molar-refractivity contribution in [3.05, 3.63) is 0 Å². The van der Waals surface area contributed by atoms with E-state index in [-0.39, 0.29) is 0 Å². The lowest BCUT2D eigenvalue weighted by molar-refractivity contribution is -0.0596. The van der Waals surface area contributed by atoms with E-state index in [1.807, 2.05) is 0 Å². The zero-order valence-electron chi connectivity index (χ0n) is 13.4. The van der Waals surface area contributed by atoms with Crippen molar-refractivity contribution in [3.63, 3.8) is 0 Å². The highest BCUT2D eigenvalue weighted by molar-refractivity contribution is 5.08. The predicted molar refractivity (Wildman–Crippen MR) is 83.8 cm³/mol. The molecule has 4 aliphatic heterocycles. The molecule has 4 fully saturated rings. The molecule has 116 valence electrons. The van der Waals surface area contributed by atoms with Gasteiger partial charge in [-0.2, -0.15) is 0 Å². The van der Waals surface area contributed by atoms with Gasteiger partial charge in [-0.25, -0.2) is 0 Å². The SMILES string of the molecule is CCN(CC)C1CCN(C2(CN)CN3CCC2CC3)C1. The number of nitrogens with zero attached hydrogens (tertiary/aromatic N) is 3. The zero-order valence-corrected chi connectivity index (χ0v) is 13.4. The smallest absolute Gasteiger partial charge is 0.0488 e. The topological polar surface area (TPSA) is 35.7 Å². The first-order chi connectivity index (χ1) is 9.73. The van der Waals surface area contributed by atoms with Crippen molar-refractivity contribution < 1.29 is 0 Å². The van der Waals surface area contributed by atoms with Crippen LogP contribution in [0.1, 0.15) is 33.1 Å². The monoisotopic (exact) mass is 280 g/mol. The summed E-state index contributed by atoms with van der Waals surface area (Å²) in [7, 11) is 0. The minimum Gasteiger partial charge on any atom is -0.329 e. The quantitative estimate of drug-likeness (QED) is 0.809. The molecule has 0 amide bonds. The number of piperidine rings is 3. The van der Waals surface area contributed by atoms with Gasteiger partial charge in [0.2, 0.25) is 0 Å². The Morgan fingerprint density at radius 1 is 1.10 bits per heavy atom. The molecule has 4 heterocycles. The van der Waals surface area contributed by atoms with Gasteiger partial charge in [0.05, 0.1) is 0 Å². The van der Waals surface area contributed by atoms with Crippen molar-refractivity contribution in [2.75, 3.05) is 52.4 Å². The van der Waals surface area contributed by atoms with Gasteiger partial charge in [0, 0.05) is 37.8 Å². The number of rotatable bonds is 5. The molecule has 4 heteroatoms. The Hall–Kier alpha value is -0.160. The van der Waals surface area contributed by atoms with Gasteiger partial charge in [0.1, 0.15) is 0 Å². The zero-order chi connectivity index (χ0) is 14.2. The molecule has 4 rings (SSSR count). The fourth-order valence-corrected chi connectivity index (χ4v) is 5.05. The van der Waals surface area contributed by atoms with Crippen LogP contribution in [0, 0.1) is 5.92 Å².